The lowest BCUT2D eigenvalue weighted by Gasteiger charge is -2.20. The molecular weight excluding hydrogens is 475 g/mol. The summed E-state index contributed by atoms with van der Waals surface area (Å²) in [6.45, 7) is 8.13. The van der Waals surface area contributed by atoms with E-state index in [1.807, 2.05) is 27.8 Å². The van der Waals surface area contributed by atoms with Crippen molar-refractivity contribution in [3.05, 3.63) is 46.6 Å². The zero-order chi connectivity index (χ0) is 26.1. The molecular formula is C26H34F3N3O4. The van der Waals surface area contributed by atoms with Crippen LogP contribution >= 0.6 is 0 Å². The number of hydrogen-bond acceptors (Lipinski definition) is 5. The molecule has 1 aromatic heterocycles. The summed E-state index contributed by atoms with van der Waals surface area (Å²) in [5, 5.41) is 0. The number of halogens is 3. The Labute approximate surface area is 208 Å². The standard InChI is InChI=1S/C26H34F3N3O4/c1-25(2,3)22-14-23(32(36-22)15-19-8-6-12-34-19)30-24(33)20-13-17(26(27,28)29)9-10-21(20)35-16-18-7-5-11-31(18)4/h9-10,13-14,18-19H,5-8,11-12,15-16H2,1-4H3/t18?,19-/m1/s1. The second kappa shape index (κ2) is 10.4. The van der Waals surface area contributed by atoms with Gasteiger partial charge in [-0.3, -0.25) is 4.79 Å². The van der Waals surface area contributed by atoms with Gasteiger partial charge in [-0.1, -0.05) is 20.8 Å². The number of benzene rings is 1. The number of carbonyl (C=O) groups is 1. The van der Waals surface area contributed by atoms with Gasteiger partial charge in [0.25, 0.3) is 5.91 Å². The lowest BCUT2D eigenvalue weighted by Crippen LogP contribution is -2.31. The Hall–Kier alpha value is -2.59. The highest BCUT2D eigenvalue weighted by molar-refractivity contribution is 5.97. The first-order valence-corrected chi connectivity index (χ1v) is 12.4. The van der Waals surface area contributed by atoms with Crippen LogP contribution in [0.4, 0.5) is 13.2 Å². The monoisotopic (exact) mass is 509 g/mol. The molecule has 198 valence electrons. The summed E-state index contributed by atoms with van der Waals surface area (Å²) in [6.07, 6.45) is -0.932. The topological polar surface area (TPSA) is 69.2 Å². The van der Waals surface area contributed by atoms with Gasteiger partial charge in [0.2, 0.25) is 0 Å². The van der Waals surface area contributed by atoms with Crippen molar-refractivity contribution >= 4 is 5.91 Å². The molecule has 2 aliphatic rings. The van der Waals surface area contributed by atoms with Crippen LogP contribution in [0, 0.1) is 0 Å². The van der Waals surface area contributed by atoms with Crippen molar-refractivity contribution in [1.82, 2.24) is 9.64 Å². The summed E-state index contributed by atoms with van der Waals surface area (Å²) in [5.41, 5.74) is -1.28. The lowest BCUT2D eigenvalue weighted by atomic mass is 9.94. The molecule has 7 nitrogen and oxygen atoms in total. The third-order valence-corrected chi connectivity index (χ3v) is 6.71. The first-order valence-electron chi connectivity index (χ1n) is 12.4. The third-order valence-electron chi connectivity index (χ3n) is 6.71. The molecule has 4 rings (SSSR count). The third kappa shape index (κ3) is 6.21. The van der Waals surface area contributed by atoms with E-state index < -0.39 is 17.6 Å². The van der Waals surface area contributed by atoms with Crippen LogP contribution in [-0.4, -0.2) is 54.5 Å². The summed E-state index contributed by atoms with van der Waals surface area (Å²) in [4.78, 5) is 19.7. The average Bonchev–Trinajstić information content (AvgIpc) is 3.54. The van der Waals surface area contributed by atoms with Gasteiger partial charge in [-0.15, -0.1) is 0 Å². The fraction of sp³-hybridized carbons (Fsp3) is 0.615. The summed E-state index contributed by atoms with van der Waals surface area (Å²) in [7, 11) is 1.98. The van der Waals surface area contributed by atoms with Crippen molar-refractivity contribution in [2.45, 2.75) is 76.7 Å². The van der Waals surface area contributed by atoms with Crippen LogP contribution in [0.3, 0.4) is 0 Å². The summed E-state index contributed by atoms with van der Waals surface area (Å²) in [6, 6.07) is 4.75. The van der Waals surface area contributed by atoms with Gasteiger partial charge in [0.15, 0.2) is 5.49 Å². The minimum absolute atomic E-state index is 0.0751. The number of likely N-dealkylation sites (N-methyl/N-ethyl adjacent to an activating group) is 1. The number of amides is 1. The van der Waals surface area contributed by atoms with Gasteiger partial charge < -0.3 is 18.9 Å². The second-order valence-electron chi connectivity index (χ2n) is 10.6. The Morgan fingerprint density at radius 1 is 1.17 bits per heavy atom. The molecule has 0 bridgehead atoms. The van der Waals surface area contributed by atoms with Gasteiger partial charge in [0.05, 0.1) is 23.8 Å². The molecule has 0 spiro atoms. The number of aromatic nitrogens is 1. The van der Waals surface area contributed by atoms with E-state index in [1.54, 1.807) is 6.07 Å². The Morgan fingerprint density at radius 3 is 2.56 bits per heavy atom. The molecule has 2 aliphatic heterocycles. The molecule has 10 heteroatoms. The smallest absolute Gasteiger partial charge is 0.416 e. The van der Waals surface area contributed by atoms with Crippen LogP contribution in [0.15, 0.2) is 33.8 Å². The molecule has 2 saturated heterocycles. The molecule has 2 fully saturated rings. The number of alkyl halides is 3. The Balaban J connectivity index is 1.69. The number of ether oxygens (including phenoxy) is 2. The van der Waals surface area contributed by atoms with Gasteiger partial charge in [-0.05, 0) is 57.5 Å². The molecule has 36 heavy (non-hydrogen) atoms. The lowest BCUT2D eigenvalue weighted by molar-refractivity contribution is -0.137. The van der Waals surface area contributed by atoms with Crippen molar-refractivity contribution < 1.29 is 32.0 Å². The Morgan fingerprint density at radius 2 is 1.94 bits per heavy atom. The van der Waals surface area contributed by atoms with Crippen molar-refractivity contribution in [3.63, 3.8) is 0 Å². The van der Waals surface area contributed by atoms with E-state index in [4.69, 9.17) is 14.0 Å². The maximum atomic E-state index is 13.5. The summed E-state index contributed by atoms with van der Waals surface area (Å²) >= 11 is 0. The quantitative estimate of drug-likeness (QED) is 0.560. The van der Waals surface area contributed by atoms with E-state index in [0.29, 0.717) is 18.9 Å². The van der Waals surface area contributed by atoms with Gasteiger partial charge in [-0.2, -0.15) is 22.9 Å². The molecule has 1 aromatic carbocycles. The SMILES string of the molecule is CN1CCCC1COc1ccc(C(F)(F)F)cc1C(=O)N=c1cc(C(C)(C)C)on1C[C@H]1CCCO1. The molecule has 0 saturated carbocycles. The fourth-order valence-corrected chi connectivity index (χ4v) is 4.47. The fourth-order valence-electron chi connectivity index (χ4n) is 4.47. The number of hydrogen-bond donors (Lipinski definition) is 0. The maximum Gasteiger partial charge on any atom is 0.416 e. The van der Waals surface area contributed by atoms with Crippen LogP contribution in [0.5, 0.6) is 5.75 Å². The largest absolute Gasteiger partial charge is 0.491 e. The van der Waals surface area contributed by atoms with Crippen molar-refractivity contribution in [3.8, 4) is 5.75 Å². The van der Waals surface area contributed by atoms with E-state index in [0.717, 1.165) is 44.4 Å². The van der Waals surface area contributed by atoms with Crippen LogP contribution in [-0.2, 0) is 22.9 Å². The summed E-state index contributed by atoms with van der Waals surface area (Å²) in [5.74, 6) is -0.127. The van der Waals surface area contributed by atoms with E-state index in [2.05, 4.69) is 9.89 Å². The van der Waals surface area contributed by atoms with Gasteiger partial charge in [0, 0.05) is 24.1 Å². The highest BCUT2D eigenvalue weighted by Crippen LogP contribution is 2.33. The molecule has 0 N–H and O–H groups in total. The number of rotatable bonds is 6. The molecule has 1 unspecified atom stereocenters. The Bertz CT molecular complexity index is 1140. The Kier molecular flexibility index (Phi) is 7.66. The molecule has 0 aliphatic carbocycles. The zero-order valence-electron chi connectivity index (χ0n) is 21.2. The number of likely N-dealkylation sites (tertiary alicyclic amines) is 1. The first kappa shape index (κ1) is 26.5. The van der Waals surface area contributed by atoms with E-state index >= 15 is 0 Å². The highest BCUT2D eigenvalue weighted by Gasteiger charge is 2.33. The van der Waals surface area contributed by atoms with Crippen molar-refractivity contribution in [2.24, 2.45) is 4.99 Å². The van der Waals surface area contributed by atoms with Gasteiger partial charge in [0.1, 0.15) is 18.1 Å². The van der Waals surface area contributed by atoms with Crippen LogP contribution < -0.4 is 10.2 Å². The van der Waals surface area contributed by atoms with E-state index in [-0.39, 0.29) is 41.0 Å². The zero-order valence-corrected chi connectivity index (χ0v) is 21.2. The first-order chi connectivity index (χ1) is 16.9. The normalized spacial score (nSPS) is 21.9. The highest BCUT2D eigenvalue weighted by atomic mass is 19.4. The predicted molar refractivity (Wildman–Crippen MR) is 127 cm³/mol. The molecule has 2 atom stereocenters. The molecule has 2 aromatic rings. The van der Waals surface area contributed by atoms with Crippen molar-refractivity contribution in [1.29, 1.82) is 0 Å². The second-order valence-corrected chi connectivity index (χ2v) is 10.6. The predicted octanol–water partition coefficient (Wildman–Crippen LogP) is 4.79. The van der Waals surface area contributed by atoms with Crippen LogP contribution in [0.1, 0.15) is 68.1 Å². The van der Waals surface area contributed by atoms with Crippen molar-refractivity contribution in [2.75, 3.05) is 26.8 Å². The van der Waals surface area contributed by atoms with Crippen LogP contribution in [0.2, 0.25) is 0 Å². The minimum atomic E-state index is -4.60. The number of carbonyl (C=O) groups excluding carboxylic acids is 1. The number of nitrogens with zero attached hydrogens (tertiary/aromatic N) is 3. The molecule has 3 heterocycles. The summed E-state index contributed by atoms with van der Waals surface area (Å²) < 4.78 is 59.5. The van der Waals surface area contributed by atoms with Crippen LogP contribution in [0.25, 0.3) is 0 Å². The van der Waals surface area contributed by atoms with E-state index in [1.165, 1.54) is 10.8 Å². The molecule has 0 radical (unpaired) electrons. The average molecular weight is 510 g/mol. The van der Waals surface area contributed by atoms with Gasteiger partial charge in [-0.25, -0.2) is 0 Å². The maximum absolute atomic E-state index is 13.5. The minimum Gasteiger partial charge on any atom is -0.491 e. The van der Waals surface area contributed by atoms with E-state index in [9.17, 15) is 18.0 Å². The molecule has 1 amide bonds. The van der Waals surface area contributed by atoms with Gasteiger partial charge >= 0.3 is 6.18 Å².